The van der Waals surface area contributed by atoms with E-state index in [1.165, 1.54) is 0 Å². The van der Waals surface area contributed by atoms with Gasteiger partial charge in [0.05, 0.1) is 0 Å². The molecule has 2 fully saturated rings. The van der Waals surface area contributed by atoms with Crippen molar-refractivity contribution in [1.29, 1.82) is 0 Å². The number of urea groups is 1. The summed E-state index contributed by atoms with van der Waals surface area (Å²) in [5, 5.41) is 6.23. The minimum atomic E-state index is -0.249. The molecule has 6 heteroatoms. The molecule has 2 saturated heterocycles. The molecule has 0 aromatic rings. The minimum Gasteiger partial charge on any atom is -0.335 e. The van der Waals surface area contributed by atoms with Crippen LogP contribution in [0.1, 0.15) is 6.42 Å². The second kappa shape index (κ2) is 3.41. The molecule has 2 aliphatic heterocycles. The molecule has 1 atom stereocenters. The van der Waals surface area contributed by atoms with E-state index >= 15 is 0 Å². The number of hydrazine groups is 1. The molecule has 0 bridgehead atoms. The summed E-state index contributed by atoms with van der Waals surface area (Å²) in [6.07, 6.45) is 0.759. The Hall–Kier alpha value is -0.370. The number of carbonyl (C=O) groups is 2. The van der Waals surface area contributed by atoms with Crippen LogP contribution >= 0.6 is 22.6 Å². The van der Waals surface area contributed by atoms with E-state index < -0.39 is 0 Å². The van der Waals surface area contributed by atoms with Gasteiger partial charge in [0, 0.05) is 42.2 Å². The van der Waals surface area contributed by atoms with E-state index in [0.29, 0.717) is 6.54 Å². The van der Waals surface area contributed by atoms with Gasteiger partial charge in [0.25, 0.3) is 0 Å². The van der Waals surface area contributed by atoms with Gasteiger partial charge >= 0.3 is 6.03 Å². The van der Waals surface area contributed by atoms with Crippen molar-refractivity contribution in [2.75, 3.05) is 19.6 Å². The molecule has 0 saturated carbocycles. The Bertz CT molecular complexity index is 258. The predicted octanol–water partition coefficient (Wildman–Crippen LogP) is -0.0375. The van der Waals surface area contributed by atoms with Gasteiger partial charge in [-0.05, 0) is 6.42 Å². The maximum atomic E-state index is 11.4. The molecule has 0 aromatic heterocycles. The van der Waals surface area contributed by atoms with Gasteiger partial charge in [-0.3, -0.25) is 4.79 Å². The molecule has 72 valence electrons. The fourth-order valence-electron chi connectivity index (χ4n) is 1.77. The van der Waals surface area contributed by atoms with Crippen LogP contribution in [0.25, 0.3) is 0 Å². The lowest BCUT2D eigenvalue weighted by atomic mass is 10.2. The van der Waals surface area contributed by atoms with Crippen LogP contribution in [0.2, 0.25) is 0 Å². The highest BCUT2D eigenvalue weighted by atomic mass is 127. The summed E-state index contributed by atoms with van der Waals surface area (Å²) in [6.45, 7) is 2.30. The molecule has 13 heavy (non-hydrogen) atoms. The maximum Gasteiger partial charge on any atom is 0.332 e. The molecule has 0 spiro atoms. The lowest BCUT2D eigenvalue weighted by Crippen LogP contribution is -2.58. The fourth-order valence-corrected chi connectivity index (χ4v) is 2.35. The van der Waals surface area contributed by atoms with Crippen molar-refractivity contribution in [3.63, 3.8) is 0 Å². The zero-order valence-electron chi connectivity index (χ0n) is 6.99. The van der Waals surface area contributed by atoms with Crippen LogP contribution in [0, 0.1) is 0 Å². The number of hydrogen-bond donors (Lipinski definition) is 1. The van der Waals surface area contributed by atoms with Crippen LogP contribution < -0.4 is 5.32 Å². The molecule has 0 aliphatic carbocycles. The number of nitrogens with zero attached hydrogens (tertiary/aromatic N) is 2. The van der Waals surface area contributed by atoms with Gasteiger partial charge in [0.15, 0.2) is 0 Å². The number of carbonyl (C=O) groups excluding carboxylic acids is 2. The van der Waals surface area contributed by atoms with Crippen LogP contribution in [0.15, 0.2) is 0 Å². The van der Waals surface area contributed by atoms with Crippen LogP contribution in [0.3, 0.4) is 0 Å². The Morgan fingerprint density at radius 2 is 2.31 bits per heavy atom. The molecule has 2 amide bonds. The van der Waals surface area contributed by atoms with E-state index in [4.69, 9.17) is 0 Å². The van der Waals surface area contributed by atoms with E-state index in [1.807, 2.05) is 5.01 Å². The van der Waals surface area contributed by atoms with Crippen LogP contribution in [0.4, 0.5) is 4.79 Å². The number of hydrogen-bond acceptors (Lipinski definition) is 3. The quantitative estimate of drug-likeness (QED) is 0.546. The molecular formula is C7H10IN3O2. The summed E-state index contributed by atoms with van der Waals surface area (Å²) in [4.78, 5) is 22.6. The molecule has 2 rings (SSSR count). The van der Waals surface area contributed by atoms with Gasteiger partial charge in [-0.15, -0.1) is 0 Å². The van der Waals surface area contributed by atoms with Crippen molar-refractivity contribution in [2.24, 2.45) is 0 Å². The Balaban J connectivity index is 2.18. The zero-order valence-corrected chi connectivity index (χ0v) is 9.15. The summed E-state index contributed by atoms with van der Waals surface area (Å²) in [7, 11) is 0. The SMILES string of the molecule is O=C(I)[C@@H]1CCN2CCNC(=O)N12. The number of nitrogens with one attached hydrogen (secondary N) is 1. The Labute approximate surface area is 89.5 Å². The van der Waals surface area contributed by atoms with Crippen molar-refractivity contribution in [3.8, 4) is 0 Å². The summed E-state index contributed by atoms with van der Waals surface area (Å²) < 4.78 is 0.0390. The van der Waals surface area contributed by atoms with Crippen molar-refractivity contribution in [3.05, 3.63) is 0 Å². The van der Waals surface area contributed by atoms with E-state index in [1.54, 1.807) is 27.6 Å². The molecule has 0 aromatic carbocycles. The fraction of sp³-hybridized carbons (Fsp3) is 0.714. The van der Waals surface area contributed by atoms with Gasteiger partial charge in [0.1, 0.15) is 6.04 Å². The van der Waals surface area contributed by atoms with Gasteiger partial charge in [0.2, 0.25) is 3.79 Å². The molecule has 0 radical (unpaired) electrons. The average Bonchev–Trinajstić information content (AvgIpc) is 2.49. The van der Waals surface area contributed by atoms with E-state index in [0.717, 1.165) is 19.5 Å². The molecule has 5 nitrogen and oxygen atoms in total. The van der Waals surface area contributed by atoms with Gasteiger partial charge < -0.3 is 5.32 Å². The topological polar surface area (TPSA) is 52.7 Å². The lowest BCUT2D eigenvalue weighted by Gasteiger charge is -2.34. The molecule has 0 unspecified atom stereocenters. The van der Waals surface area contributed by atoms with Gasteiger partial charge in [-0.25, -0.2) is 14.8 Å². The second-order valence-electron chi connectivity index (χ2n) is 3.14. The first kappa shape index (κ1) is 9.20. The van der Waals surface area contributed by atoms with Crippen LogP contribution in [-0.2, 0) is 4.79 Å². The smallest absolute Gasteiger partial charge is 0.332 e. The molecule has 2 heterocycles. The third-order valence-electron chi connectivity index (χ3n) is 2.38. The summed E-state index contributed by atoms with van der Waals surface area (Å²) in [5.74, 6) is 0. The highest BCUT2D eigenvalue weighted by Crippen LogP contribution is 2.22. The normalized spacial score (nSPS) is 28.5. The van der Waals surface area contributed by atoms with Gasteiger partial charge in [-0.1, -0.05) is 0 Å². The van der Waals surface area contributed by atoms with Gasteiger partial charge in [-0.2, -0.15) is 0 Å². The predicted molar refractivity (Wildman–Crippen MR) is 54.2 cm³/mol. The van der Waals surface area contributed by atoms with E-state index in [-0.39, 0.29) is 15.9 Å². The molecular weight excluding hydrogens is 285 g/mol. The first-order chi connectivity index (χ1) is 6.20. The van der Waals surface area contributed by atoms with Crippen LogP contribution in [0.5, 0.6) is 0 Å². The highest BCUT2D eigenvalue weighted by molar-refractivity contribution is 14.1. The molecule has 1 N–H and O–H groups in total. The van der Waals surface area contributed by atoms with E-state index in [2.05, 4.69) is 5.32 Å². The summed E-state index contributed by atoms with van der Waals surface area (Å²) in [5.41, 5.74) is 0. The average molecular weight is 295 g/mol. The van der Waals surface area contributed by atoms with Crippen molar-refractivity contribution in [1.82, 2.24) is 15.3 Å². The highest BCUT2D eigenvalue weighted by Gasteiger charge is 2.40. The standard InChI is InChI=1S/C7H10IN3O2/c8-6(12)5-1-3-10-4-2-9-7(13)11(5)10/h5H,1-4H2,(H,9,13)/t5-/m0/s1. The number of amides is 2. The summed E-state index contributed by atoms with van der Waals surface area (Å²) >= 11 is 1.76. The zero-order chi connectivity index (χ0) is 9.42. The first-order valence-corrected chi connectivity index (χ1v) is 5.29. The largest absolute Gasteiger partial charge is 0.335 e. The number of rotatable bonds is 1. The first-order valence-electron chi connectivity index (χ1n) is 4.21. The number of fused-ring (bicyclic) bond motifs is 1. The molecule has 2 aliphatic rings. The van der Waals surface area contributed by atoms with Crippen molar-refractivity contribution < 1.29 is 9.59 Å². The van der Waals surface area contributed by atoms with Crippen molar-refractivity contribution >= 4 is 32.4 Å². The Morgan fingerprint density at radius 1 is 1.54 bits per heavy atom. The van der Waals surface area contributed by atoms with E-state index in [9.17, 15) is 9.59 Å². The summed E-state index contributed by atoms with van der Waals surface area (Å²) in [6, 6.07) is -0.389. The third-order valence-corrected chi connectivity index (χ3v) is 3.10. The Morgan fingerprint density at radius 3 is 3.00 bits per heavy atom. The Kier molecular flexibility index (Phi) is 2.41. The number of halogens is 1. The monoisotopic (exact) mass is 295 g/mol. The van der Waals surface area contributed by atoms with Crippen LogP contribution in [-0.4, -0.2) is 45.5 Å². The lowest BCUT2D eigenvalue weighted by molar-refractivity contribution is -0.115. The third kappa shape index (κ3) is 1.52. The maximum absolute atomic E-state index is 11.4. The van der Waals surface area contributed by atoms with Crippen molar-refractivity contribution in [2.45, 2.75) is 12.5 Å². The minimum absolute atomic E-state index is 0.0390. The second-order valence-corrected chi connectivity index (χ2v) is 4.20.